The van der Waals surface area contributed by atoms with Crippen LogP contribution in [0.1, 0.15) is 31.7 Å². The molecule has 2 N–H and O–H groups in total. The van der Waals surface area contributed by atoms with Gasteiger partial charge in [0.05, 0.1) is 5.60 Å². The molecule has 1 aliphatic heterocycles. The maximum atomic E-state index is 10.1. The number of rotatable bonds is 3. The van der Waals surface area contributed by atoms with Crippen LogP contribution in [0.4, 0.5) is 5.69 Å². The number of anilines is 1. The number of aliphatic hydroxyl groups is 1. The Morgan fingerprint density at radius 1 is 1.37 bits per heavy atom. The van der Waals surface area contributed by atoms with Gasteiger partial charge in [0.2, 0.25) is 0 Å². The molecular weight excluding hydrogens is 260 g/mol. The van der Waals surface area contributed by atoms with E-state index in [-0.39, 0.29) is 0 Å². The van der Waals surface area contributed by atoms with E-state index in [0.29, 0.717) is 0 Å². The maximum absolute atomic E-state index is 10.1. The van der Waals surface area contributed by atoms with Gasteiger partial charge >= 0.3 is 0 Å². The van der Waals surface area contributed by atoms with Gasteiger partial charge in [-0.15, -0.1) is 0 Å². The summed E-state index contributed by atoms with van der Waals surface area (Å²) in [6.45, 7) is 4.58. The average molecular weight is 283 g/mol. The van der Waals surface area contributed by atoms with E-state index in [1.807, 2.05) is 20.0 Å². The minimum atomic E-state index is -0.523. The third-order valence-corrected chi connectivity index (χ3v) is 4.18. The lowest BCUT2D eigenvalue weighted by Crippen LogP contribution is -2.28. The van der Waals surface area contributed by atoms with Gasteiger partial charge in [0.25, 0.3) is 0 Å². The van der Waals surface area contributed by atoms with Gasteiger partial charge in [-0.1, -0.05) is 17.7 Å². The summed E-state index contributed by atoms with van der Waals surface area (Å²) in [5, 5.41) is 14.0. The van der Waals surface area contributed by atoms with Crippen molar-refractivity contribution >= 4 is 17.3 Å². The van der Waals surface area contributed by atoms with Crippen molar-refractivity contribution in [1.82, 2.24) is 5.32 Å². The van der Waals surface area contributed by atoms with Crippen molar-refractivity contribution in [2.45, 2.75) is 38.3 Å². The molecule has 1 heterocycles. The van der Waals surface area contributed by atoms with Crippen molar-refractivity contribution in [2.75, 3.05) is 25.0 Å². The Hall–Kier alpha value is -0.770. The molecule has 0 saturated carbocycles. The van der Waals surface area contributed by atoms with Gasteiger partial charge in [0.1, 0.15) is 0 Å². The van der Waals surface area contributed by atoms with Gasteiger partial charge in [-0.05, 0) is 50.9 Å². The molecule has 1 atom stereocenters. The standard InChI is InChI=1S/C15H23ClN2O/c1-15(19)6-3-8-18(9-7-15)13-5-4-12(11-17-2)14(16)10-13/h4-5,10,17,19H,3,6-9,11H2,1-2H3. The molecule has 0 bridgehead atoms. The average Bonchev–Trinajstić information content (AvgIpc) is 2.53. The van der Waals surface area contributed by atoms with Crippen molar-refractivity contribution in [3.05, 3.63) is 28.8 Å². The number of benzene rings is 1. The van der Waals surface area contributed by atoms with Crippen LogP contribution in [0.2, 0.25) is 5.02 Å². The Bertz CT molecular complexity index is 434. The van der Waals surface area contributed by atoms with Gasteiger partial charge in [0.15, 0.2) is 0 Å². The van der Waals surface area contributed by atoms with E-state index in [2.05, 4.69) is 22.3 Å². The molecule has 106 valence electrons. The fourth-order valence-corrected chi connectivity index (χ4v) is 2.83. The highest BCUT2D eigenvalue weighted by Gasteiger charge is 2.25. The summed E-state index contributed by atoms with van der Waals surface area (Å²) in [5.74, 6) is 0. The minimum Gasteiger partial charge on any atom is -0.390 e. The van der Waals surface area contributed by atoms with Crippen LogP contribution in [-0.4, -0.2) is 30.8 Å². The molecule has 0 aliphatic carbocycles. The highest BCUT2D eigenvalue weighted by molar-refractivity contribution is 6.31. The van der Waals surface area contributed by atoms with Crippen LogP contribution in [0.15, 0.2) is 18.2 Å². The van der Waals surface area contributed by atoms with Crippen LogP contribution >= 0.6 is 11.6 Å². The van der Waals surface area contributed by atoms with Crippen molar-refractivity contribution < 1.29 is 5.11 Å². The van der Waals surface area contributed by atoms with Crippen molar-refractivity contribution in [3.63, 3.8) is 0 Å². The SMILES string of the molecule is CNCc1ccc(N2CCCC(C)(O)CC2)cc1Cl. The zero-order valence-corrected chi connectivity index (χ0v) is 12.5. The zero-order chi connectivity index (χ0) is 13.9. The molecule has 1 aliphatic rings. The number of hydrogen-bond donors (Lipinski definition) is 2. The highest BCUT2D eigenvalue weighted by Crippen LogP contribution is 2.28. The molecule has 3 nitrogen and oxygen atoms in total. The number of hydrogen-bond acceptors (Lipinski definition) is 3. The van der Waals surface area contributed by atoms with E-state index < -0.39 is 5.60 Å². The van der Waals surface area contributed by atoms with E-state index in [1.54, 1.807) is 0 Å². The monoisotopic (exact) mass is 282 g/mol. The summed E-state index contributed by atoms with van der Waals surface area (Å²) in [4.78, 5) is 2.32. The molecule has 0 radical (unpaired) electrons. The molecule has 19 heavy (non-hydrogen) atoms. The normalized spacial score (nSPS) is 24.3. The quantitative estimate of drug-likeness (QED) is 0.895. The van der Waals surface area contributed by atoms with Crippen molar-refractivity contribution in [2.24, 2.45) is 0 Å². The predicted octanol–water partition coefficient (Wildman–Crippen LogP) is 2.80. The molecule has 1 aromatic rings. The van der Waals surface area contributed by atoms with Gasteiger partial charge in [0, 0.05) is 30.3 Å². The first-order valence-corrected chi connectivity index (χ1v) is 7.30. The summed E-state index contributed by atoms with van der Waals surface area (Å²) < 4.78 is 0. The van der Waals surface area contributed by atoms with Crippen LogP contribution in [0, 0.1) is 0 Å². The Labute approximate surface area is 120 Å². The largest absolute Gasteiger partial charge is 0.390 e. The second-order valence-electron chi connectivity index (χ2n) is 5.64. The summed E-state index contributed by atoms with van der Waals surface area (Å²) in [5.41, 5.74) is 1.75. The predicted molar refractivity (Wildman–Crippen MR) is 80.9 cm³/mol. The van der Waals surface area contributed by atoms with Crippen LogP contribution in [0.25, 0.3) is 0 Å². The number of halogens is 1. The lowest BCUT2D eigenvalue weighted by molar-refractivity contribution is 0.0481. The van der Waals surface area contributed by atoms with Crippen LogP contribution in [0.3, 0.4) is 0 Å². The molecule has 1 unspecified atom stereocenters. The van der Waals surface area contributed by atoms with Crippen LogP contribution < -0.4 is 10.2 Å². The highest BCUT2D eigenvalue weighted by atomic mass is 35.5. The third kappa shape index (κ3) is 3.85. The summed E-state index contributed by atoms with van der Waals surface area (Å²) in [6, 6.07) is 6.24. The van der Waals surface area contributed by atoms with E-state index in [0.717, 1.165) is 55.2 Å². The Kier molecular flexibility index (Phi) is 4.71. The first-order valence-electron chi connectivity index (χ1n) is 6.92. The van der Waals surface area contributed by atoms with E-state index >= 15 is 0 Å². The molecule has 2 rings (SSSR count). The van der Waals surface area contributed by atoms with Gasteiger partial charge in [-0.3, -0.25) is 0 Å². The second-order valence-corrected chi connectivity index (χ2v) is 6.05. The first kappa shape index (κ1) is 14.6. The van der Waals surface area contributed by atoms with Crippen molar-refractivity contribution in [1.29, 1.82) is 0 Å². The van der Waals surface area contributed by atoms with E-state index in [1.165, 1.54) is 0 Å². The number of nitrogens with one attached hydrogen (secondary N) is 1. The van der Waals surface area contributed by atoms with Gasteiger partial charge in [-0.25, -0.2) is 0 Å². The van der Waals surface area contributed by atoms with Gasteiger partial charge < -0.3 is 15.3 Å². The smallest absolute Gasteiger partial charge is 0.0637 e. The Morgan fingerprint density at radius 2 is 2.16 bits per heavy atom. The molecule has 0 amide bonds. The zero-order valence-electron chi connectivity index (χ0n) is 11.7. The Balaban J connectivity index is 2.11. The minimum absolute atomic E-state index is 0.523. The molecule has 4 heteroatoms. The molecule has 1 aromatic carbocycles. The van der Waals surface area contributed by atoms with E-state index in [4.69, 9.17) is 11.6 Å². The lowest BCUT2D eigenvalue weighted by atomic mass is 9.98. The second kappa shape index (κ2) is 6.12. The van der Waals surface area contributed by atoms with Crippen LogP contribution in [0.5, 0.6) is 0 Å². The molecule has 0 aromatic heterocycles. The van der Waals surface area contributed by atoms with Gasteiger partial charge in [-0.2, -0.15) is 0 Å². The first-order chi connectivity index (χ1) is 9.02. The fraction of sp³-hybridized carbons (Fsp3) is 0.600. The fourth-order valence-electron chi connectivity index (χ4n) is 2.59. The topological polar surface area (TPSA) is 35.5 Å². The third-order valence-electron chi connectivity index (χ3n) is 3.83. The molecule has 1 fully saturated rings. The molecular formula is C15H23ClN2O. The summed E-state index contributed by atoms with van der Waals surface area (Å²) >= 11 is 6.31. The van der Waals surface area contributed by atoms with Crippen molar-refractivity contribution in [3.8, 4) is 0 Å². The lowest BCUT2D eigenvalue weighted by Gasteiger charge is -2.24. The Morgan fingerprint density at radius 3 is 2.84 bits per heavy atom. The van der Waals surface area contributed by atoms with Crippen LogP contribution in [-0.2, 0) is 6.54 Å². The van der Waals surface area contributed by atoms with E-state index in [9.17, 15) is 5.11 Å². The molecule has 1 saturated heterocycles. The number of nitrogens with zero attached hydrogens (tertiary/aromatic N) is 1. The maximum Gasteiger partial charge on any atom is 0.0637 e. The summed E-state index contributed by atoms with van der Waals surface area (Å²) in [6.07, 6.45) is 2.70. The molecule has 0 spiro atoms. The summed E-state index contributed by atoms with van der Waals surface area (Å²) in [7, 11) is 1.92.